The lowest BCUT2D eigenvalue weighted by atomic mass is 9.84. The predicted molar refractivity (Wildman–Crippen MR) is 109 cm³/mol. The Kier molecular flexibility index (Phi) is 5.89. The Morgan fingerprint density at radius 1 is 1.38 bits per heavy atom. The van der Waals surface area contributed by atoms with Gasteiger partial charge in [0, 0.05) is 24.5 Å². The van der Waals surface area contributed by atoms with Crippen LogP contribution in [0.15, 0.2) is 30.6 Å². The molecule has 154 valence electrons. The molecule has 0 aliphatic carbocycles. The molecule has 29 heavy (non-hydrogen) atoms. The summed E-state index contributed by atoms with van der Waals surface area (Å²) in [5.41, 5.74) is 8.95. The molecule has 2 aromatic rings. The van der Waals surface area contributed by atoms with Crippen LogP contribution in [0.5, 0.6) is 5.75 Å². The van der Waals surface area contributed by atoms with E-state index in [1.54, 1.807) is 12.3 Å². The Balaban J connectivity index is 1.48. The molecule has 1 unspecified atom stereocenters. The molecule has 7 nitrogen and oxygen atoms in total. The number of pyridine rings is 1. The fraction of sp³-hybridized carbons (Fsp3) is 0.429. The number of carbonyl (C=O) groups is 1. The first-order valence-corrected chi connectivity index (χ1v) is 10.1. The molecule has 1 saturated heterocycles. The first-order chi connectivity index (χ1) is 14.0. The minimum absolute atomic E-state index is 0.0417. The van der Waals surface area contributed by atoms with Gasteiger partial charge in [0.05, 0.1) is 10.7 Å². The van der Waals surface area contributed by atoms with Gasteiger partial charge in [0.15, 0.2) is 5.75 Å². The predicted octanol–water partition coefficient (Wildman–Crippen LogP) is 3.26. The zero-order valence-corrected chi connectivity index (χ0v) is 16.8. The molecule has 3 heterocycles. The van der Waals surface area contributed by atoms with Gasteiger partial charge in [-0.15, -0.1) is 0 Å². The van der Waals surface area contributed by atoms with E-state index in [4.69, 9.17) is 27.1 Å². The summed E-state index contributed by atoms with van der Waals surface area (Å²) < 4.78 is 0. The van der Waals surface area contributed by atoms with Gasteiger partial charge < -0.3 is 15.7 Å². The summed E-state index contributed by atoms with van der Waals surface area (Å²) in [6, 6.07) is 5.85. The van der Waals surface area contributed by atoms with Gasteiger partial charge in [-0.2, -0.15) is 4.89 Å². The van der Waals surface area contributed by atoms with Crippen molar-refractivity contribution < 1.29 is 19.7 Å². The number of rotatable bonds is 5. The molecule has 1 aromatic carbocycles. The number of nitrogen functional groups attached to an aromatic ring is 1. The molecule has 0 amide bonds. The van der Waals surface area contributed by atoms with Crippen LogP contribution in [0, 0.1) is 5.92 Å². The molecular formula is C21H24ClN3O4. The maximum Gasteiger partial charge on any atom is 0.313 e. The van der Waals surface area contributed by atoms with E-state index in [-0.39, 0.29) is 18.0 Å². The number of carboxylic acid groups (broad SMARTS) is 1. The molecule has 1 atom stereocenters. The number of nitrogens with zero attached hydrogens (tertiary/aromatic N) is 2. The van der Waals surface area contributed by atoms with Crippen LogP contribution in [0.1, 0.15) is 35.4 Å². The van der Waals surface area contributed by atoms with E-state index in [1.807, 2.05) is 12.3 Å². The largest absolute Gasteiger partial charge is 0.481 e. The molecule has 0 bridgehead atoms. The van der Waals surface area contributed by atoms with E-state index in [2.05, 4.69) is 16.0 Å². The van der Waals surface area contributed by atoms with Crippen molar-refractivity contribution in [2.24, 2.45) is 5.92 Å². The normalized spacial score (nSPS) is 20.1. The minimum Gasteiger partial charge on any atom is -0.481 e. The fourth-order valence-corrected chi connectivity index (χ4v) is 4.41. The number of nitrogens with two attached hydrogens (primary N) is 1. The number of likely N-dealkylation sites (tertiary alicyclic amines) is 1. The highest BCUT2D eigenvalue weighted by Crippen LogP contribution is 2.44. The van der Waals surface area contributed by atoms with Crippen LogP contribution in [0.25, 0.3) is 0 Å². The quantitative estimate of drug-likeness (QED) is 0.569. The highest BCUT2D eigenvalue weighted by Gasteiger charge is 2.35. The number of carboxylic acids is 1. The molecule has 0 radical (unpaired) electrons. The van der Waals surface area contributed by atoms with Crippen molar-refractivity contribution in [1.29, 1.82) is 0 Å². The van der Waals surface area contributed by atoms with E-state index in [0.29, 0.717) is 16.5 Å². The zero-order chi connectivity index (χ0) is 20.4. The molecule has 2 aliphatic heterocycles. The molecule has 1 aromatic heterocycles. The summed E-state index contributed by atoms with van der Waals surface area (Å²) in [6.07, 6.45) is 6.50. The molecule has 8 heteroatoms. The maximum absolute atomic E-state index is 11.8. The Morgan fingerprint density at radius 2 is 2.17 bits per heavy atom. The van der Waals surface area contributed by atoms with E-state index in [0.717, 1.165) is 44.5 Å². The lowest BCUT2D eigenvalue weighted by Gasteiger charge is -2.33. The first-order valence-electron chi connectivity index (χ1n) is 9.77. The summed E-state index contributed by atoms with van der Waals surface area (Å²) in [5.74, 6) is -1.07. The Hall–Kier alpha value is -2.35. The van der Waals surface area contributed by atoms with Crippen molar-refractivity contribution in [3.05, 3.63) is 52.3 Å². The summed E-state index contributed by atoms with van der Waals surface area (Å²) >= 11 is 6.29. The molecule has 2 aliphatic rings. The number of hydrogen-bond acceptors (Lipinski definition) is 6. The fourth-order valence-electron chi connectivity index (χ4n) is 4.20. The lowest BCUT2D eigenvalue weighted by Crippen LogP contribution is -2.34. The topological polar surface area (TPSA) is 97.9 Å². The molecule has 1 fully saturated rings. The number of aromatic nitrogens is 1. The van der Waals surface area contributed by atoms with Crippen LogP contribution in [-0.4, -0.2) is 40.7 Å². The third-order valence-corrected chi connectivity index (χ3v) is 6.07. The third-order valence-electron chi connectivity index (χ3n) is 5.76. The molecule has 4 rings (SSSR count). The number of anilines is 1. The average Bonchev–Trinajstić information content (AvgIpc) is 2.73. The second-order valence-electron chi connectivity index (χ2n) is 7.72. The van der Waals surface area contributed by atoms with Gasteiger partial charge in [0.25, 0.3) is 0 Å². The van der Waals surface area contributed by atoms with Gasteiger partial charge in [0.2, 0.25) is 0 Å². The second-order valence-corrected chi connectivity index (χ2v) is 8.12. The molecule has 3 N–H and O–H groups in total. The third kappa shape index (κ3) is 4.32. The zero-order valence-electron chi connectivity index (χ0n) is 16.0. The lowest BCUT2D eigenvalue weighted by molar-refractivity contribution is -0.222. The standard InChI is InChI=1S/C21H24ClN3O4/c22-17-9-15(18-16(21(26)27)12-28-29-20(18)19(17)23)8-13-3-6-25(7-4-13)11-14-2-1-5-24-10-14/h1-2,5,9-10,13,16H,3-4,6-8,11-12,23H2,(H,26,27). The monoisotopic (exact) mass is 417 g/mol. The van der Waals surface area contributed by atoms with Crippen LogP contribution in [-0.2, 0) is 22.6 Å². The van der Waals surface area contributed by atoms with Crippen molar-refractivity contribution in [2.75, 3.05) is 25.4 Å². The maximum atomic E-state index is 11.8. The Morgan fingerprint density at radius 3 is 2.86 bits per heavy atom. The number of piperidine rings is 1. The van der Waals surface area contributed by atoms with Gasteiger partial charge >= 0.3 is 5.97 Å². The SMILES string of the molecule is Nc1c(Cl)cc(CC2CCN(Cc3cccnc3)CC2)c2c1OOCC2C(=O)O. The summed E-state index contributed by atoms with van der Waals surface area (Å²) in [5, 5.41) is 9.99. The van der Waals surface area contributed by atoms with E-state index >= 15 is 0 Å². The second kappa shape index (κ2) is 8.57. The van der Waals surface area contributed by atoms with Crippen molar-refractivity contribution in [3.8, 4) is 5.75 Å². The minimum atomic E-state index is -0.955. The van der Waals surface area contributed by atoms with E-state index in [1.165, 1.54) is 5.56 Å². The van der Waals surface area contributed by atoms with Crippen LogP contribution in [0.4, 0.5) is 5.69 Å². The number of halogens is 1. The number of aliphatic carboxylic acids is 1. The van der Waals surface area contributed by atoms with Crippen LogP contribution >= 0.6 is 11.6 Å². The molecule has 0 saturated carbocycles. The van der Waals surface area contributed by atoms with E-state index in [9.17, 15) is 9.90 Å². The van der Waals surface area contributed by atoms with Crippen molar-refractivity contribution in [3.63, 3.8) is 0 Å². The average molecular weight is 418 g/mol. The van der Waals surface area contributed by atoms with Gasteiger partial charge in [-0.1, -0.05) is 17.7 Å². The van der Waals surface area contributed by atoms with Crippen molar-refractivity contribution in [1.82, 2.24) is 9.88 Å². The molecule has 0 spiro atoms. The highest BCUT2D eigenvalue weighted by molar-refractivity contribution is 6.33. The van der Waals surface area contributed by atoms with Gasteiger partial charge in [-0.3, -0.25) is 14.7 Å². The highest BCUT2D eigenvalue weighted by atomic mass is 35.5. The first kappa shape index (κ1) is 19.9. The smallest absolute Gasteiger partial charge is 0.313 e. The van der Waals surface area contributed by atoms with Gasteiger partial charge in [0.1, 0.15) is 12.5 Å². The summed E-state index contributed by atoms with van der Waals surface area (Å²) in [4.78, 5) is 28.6. The summed E-state index contributed by atoms with van der Waals surface area (Å²) in [7, 11) is 0. The van der Waals surface area contributed by atoms with Crippen molar-refractivity contribution >= 4 is 23.3 Å². The van der Waals surface area contributed by atoms with Gasteiger partial charge in [-0.05, 0) is 61.5 Å². The summed E-state index contributed by atoms with van der Waals surface area (Å²) in [6.45, 7) is 2.84. The van der Waals surface area contributed by atoms with Crippen LogP contribution in [0.3, 0.4) is 0 Å². The Labute approximate surface area is 174 Å². The Bertz CT molecular complexity index is 885. The van der Waals surface area contributed by atoms with Crippen LogP contribution in [0.2, 0.25) is 5.02 Å². The van der Waals surface area contributed by atoms with Gasteiger partial charge in [-0.25, -0.2) is 0 Å². The number of fused-ring (bicyclic) bond motifs is 1. The van der Waals surface area contributed by atoms with Crippen LogP contribution < -0.4 is 10.6 Å². The van der Waals surface area contributed by atoms with E-state index < -0.39 is 11.9 Å². The number of hydrogen-bond donors (Lipinski definition) is 2. The number of benzene rings is 1. The van der Waals surface area contributed by atoms with Crippen molar-refractivity contribution in [2.45, 2.75) is 31.7 Å². The molecular weight excluding hydrogens is 394 g/mol.